The van der Waals surface area contributed by atoms with Crippen molar-refractivity contribution in [3.05, 3.63) is 24.3 Å². The molecule has 1 aromatic carbocycles. The lowest BCUT2D eigenvalue weighted by atomic mass is 10.3. The normalized spacial score (nSPS) is 10.1. The van der Waals surface area contributed by atoms with E-state index in [0.717, 1.165) is 44.2 Å². The molecule has 0 spiro atoms. The molecular formula is C13H21NO2. The quantitative estimate of drug-likeness (QED) is 0.687. The van der Waals surface area contributed by atoms with E-state index in [0.29, 0.717) is 0 Å². The molecule has 0 unspecified atom stereocenters. The van der Waals surface area contributed by atoms with Crippen molar-refractivity contribution < 1.29 is 9.47 Å². The summed E-state index contributed by atoms with van der Waals surface area (Å²) in [6, 6.07) is 8.02. The monoisotopic (exact) mass is 223 g/mol. The standard InChI is InChI=1S/C13H21NO2/c1-3-10-16-13-7-5-12(6-8-13)14-9-11-15-4-2/h5-8,14H,3-4,9-11H2,1-2H3. The van der Waals surface area contributed by atoms with Crippen LogP contribution in [-0.4, -0.2) is 26.4 Å². The molecule has 0 fully saturated rings. The molecule has 16 heavy (non-hydrogen) atoms. The van der Waals surface area contributed by atoms with E-state index < -0.39 is 0 Å². The van der Waals surface area contributed by atoms with Gasteiger partial charge in [-0.1, -0.05) is 6.92 Å². The molecule has 0 aliphatic carbocycles. The lowest BCUT2D eigenvalue weighted by molar-refractivity contribution is 0.158. The second kappa shape index (κ2) is 7.99. The highest BCUT2D eigenvalue weighted by molar-refractivity contribution is 5.46. The summed E-state index contributed by atoms with van der Waals surface area (Å²) >= 11 is 0. The molecule has 0 bridgehead atoms. The molecule has 0 aliphatic heterocycles. The van der Waals surface area contributed by atoms with Crippen LogP contribution >= 0.6 is 0 Å². The van der Waals surface area contributed by atoms with Crippen LogP contribution in [0.2, 0.25) is 0 Å². The summed E-state index contributed by atoms with van der Waals surface area (Å²) in [6.07, 6.45) is 1.04. The predicted octanol–water partition coefficient (Wildman–Crippen LogP) is 2.92. The average Bonchev–Trinajstić information content (AvgIpc) is 2.33. The molecule has 0 aromatic heterocycles. The maximum atomic E-state index is 5.50. The second-order valence-electron chi connectivity index (χ2n) is 3.50. The highest BCUT2D eigenvalue weighted by Crippen LogP contribution is 2.15. The van der Waals surface area contributed by atoms with Gasteiger partial charge >= 0.3 is 0 Å². The summed E-state index contributed by atoms with van der Waals surface area (Å²) in [7, 11) is 0. The molecule has 0 radical (unpaired) electrons. The molecule has 3 nitrogen and oxygen atoms in total. The third-order valence-electron chi connectivity index (χ3n) is 2.11. The fourth-order valence-corrected chi connectivity index (χ4v) is 1.30. The van der Waals surface area contributed by atoms with E-state index >= 15 is 0 Å². The summed E-state index contributed by atoms with van der Waals surface area (Å²) in [5.41, 5.74) is 1.10. The van der Waals surface area contributed by atoms with Crippen LogP contribution in [0.3, 0.4) is 0 Å². The van der Waals surface area contributed by atoms with E-state index in [4.69, 9.17) is 9.47 Å². The Balaban J connectivity index is 2.27. The third kappa shape index (κ3) is 5.03. The van der Waals surface area contributed by atoms with Gasteiger partial charge in [-0.2, -0.15) is 0 Å². The Morgan fingerprint density at radius 3 is 2.44 bits per heavy atom. The van der Waals surface area contributed by atoms with E-state index in [9.17, 15) is 0 Å². The van der Waals surface area contributed by atoms with Gasteiger partial charge in [-0.3, -0.25) is 0 Å². The predicted molar refractivity (Wildman–Crippen MR) is 67.2 cm³/mol. The van der Waals surface area contributed by atoms with Crippen LogP contribution in [0.4, 0.5) is 5.69 Å². The summed E-state index contributed by atoms with van der Waals surface area (Å²) in [5.74, 6) is 0.928. The van der Waals surface area contributed by atoms with Gasteiger partial charge in [0, 0.05) is 18.8 Å². The first-order valence-corrected chi connectivity index (χ1v) is 5.91. The van der Waals surface area contributed by atoms with Gasteiger partial charge in [0.1, 0.15) is 5.75 Å². The van der Waals surface area contributed by atoms with Crippen LogP contribution in [0.1, 0.15) is 20.3 Å². The summed E-state index contributed by atoms with van der Waals surface area (Å²) in [5, 5.41) is 3.28. The van der Waals surface area contributed by atoms with E-state index in [-0.39, 0.29) is 0 Å². The summed E-state index contributed by atoms with van der Waals surface area (Å²) < 4.78 is 10.7. The molecular weight excluding hydrogens is 202 g/mol. The zero-order chi connectivity index (χ0) is 11.6. The lowest BCUT2D eigenvalue weighted by Gasteiger charge is -2.08. The fraction of sp³-hybridized carbons (Fsp3) is 0.538. The first kappa shape index (κ1) is 12.8. The van der Waals surface area contributed by atoms with Crippen molar-refractivity contribution in [2.24, 2.45) is 0 Å². The molecule has 0 saturated heterocycles. The van der Waals surface area contributed by atoms with Gasteiger partial charge in [0.2, 0.25) is 0 Å². The van der Waals surface area contributed by atoms with Crippen LogP contribution in [-0.2, 0) is 4.74 Å². The molecule has 0 atom stereocenters. The average molecular weight is 223 g/mol. The topological polar surface area (TPSA) is 30.5 Å². The molecule has 3 heteroatoms. The lowest BCUT2D eigenvalue weighted by Crippen LogP contribution is -2.08. The van der Waals surface area contributed by atoms with Crippen molar-refractivity contribution in [3.63, 3.8) is 0 Å². The molecule has 0 heterocycles. The molecule has 0 aliphatic rings. The Kier molecular flexibility index (Phi) is 6.42. The number of hydrogen-bond acceptors (Lipinski definition) is 3. The fourth-order valence-electron chi connectivity index (χ4n) is 1.30. The minimum absolute atomic E-state index is 0.741. The minimum Gasteiger partial charge on any atom is -0.494 e. The molecule has 90 valence electrons. The Bertz CT molecular complexity index is 272. The van der Waals surface area contributed by atoms with E-state index in [1.807, 2.05) is 31.2 Å². The van der Waals surface area contributed by atoms with Gasteiger partial charge in [-0.05, 0) is 37.6 Å². The van der Waals surface area contributed by atoms with Crippen molar-refractivity contribution in [3.8, 4) is 5.75 Å². The minimum atomic E-state index is 0.741. The third-order valence-corrected chi connectivity index (χ3v) is 2.11. The van der Waals surface area contributed by atoms with Crippen LogP contribution < -0.4 is 10.1 Å². The van der Waals surface area contributed by atoms with Crippen LogP contribution in [0.25, 0.3) is 0 Å². The van der Waals surface area contributed by atoms with Gasteiger partial charge in [0.25, 0.3) is 0 Å². The van der Waals surface area contributed by atoms with Crippen molar-refractivity contribution >= 4 is 5.69 Å². The number of rotatable bonds is 8. The molecule has 0 amide bonds. The summed E-state index contributed by atoms with van der Waals surface area (Å²) in [6.45, 7) is 7.22. The van der Waals surface area contributed by atoms with Crippen LogP contribution in [0.5, 0.6) is 5.75 Å². The smallest absolute Gasteiger partial charge is 0.119 e. The van der Waals surface area contributed by atoms with Crippen LogP contribution in [0, 0.1) is 0 Å². The van der Waals surface area contributed by atoms with Crippen molar-refractivity contribution in [2.75, 3.05) is 31.7 Å². The first-order valence-electron chi connectivity index (χ1n) is 5.91. The Hall–Kier alpha value is -1.22. The highest BCUT2D eigenvalue weighted by atomic mass is 16.5. The SMILES string of the molecule is CCCOc1ccc(NCCOCC)cc1. The number of benzene rings is 1. The zero-order valence-electron chi connectivity index (χ0n) is 10.2. The van der Waals surface area contributed by atoms with E-state index in [1.165, 1.54) is 0 Å². The van der Waals surface area contributed by atoms with Crippen molar-refractivity contribution in [2.45, 2.75) is 20.3 Å². The maximum Gasteiger partial charge on any atom is 0.119 e. The maximum absolute atomic E-state index is 5.50. The van der Waals surface area contributed by atoms with E-state index in [2.05, 4.69) is 12.2 Å². The van der Waals surface area contributed by atoms with E-state index in [1.54, 1.807) is 0 Å². The van der Waals surface area contributed by atoms with Gasteiger partial charge in [-0.25, -0.2) is 0 Å². The highest BCUT2D eigenvalue weighted by Gasteiger charge is 1.94. The van der Waals surface area contributed by atoms with Gasteiger partial charge < -0.3 is 14.8 Å². The number of anilines is 1. The Labute approximate surface area is 97.8 Å². The van der Waals surface area contributed by atoms with Gasteiger partial charge in [0.05, 0.1) is 13.2 Å². The van der Waals surface area contributed by atoms with Crippen molar-refractivity contribution in [1.82, 2.24) is 0 Å². The number of ether oxygens (including phenoxy) is 2. The van der Waals surface area contributed by atoms with Crippen molar-refractivity contribution in [1.29, 1.82) is 0 Å². The number of hydrogen-bond donors (Lipinski definition) is 1. The largest absolute Gasteiger partial charge is 0.494 e. The Morgan fingerprint density at radius 2 is 1.81 bits per heavy atom. The second-order valence-corrected chi connectivity index (χ2v) is 3.50. The molecule has 1 rings (SSSR count). The number of nitrogens with one attached hydrogen (secondary N) is 1. The Morgan fingerprint density at radius 1 is 1.06 bits per heavy atom. The van der Waals surface area contributed by atoms with Gasteiger partial charge in [-0.15, -0.1) is 0 Å². The summed E-state index contributed by atoms with van der Waals surface area (Å²) in [4.78, 5) is 0. The molecule has 1 aromatic rings. The van der Waals surface area contributed by atoms with Crippen LogP contribution in [0.15, 0.2) is 24.3 Å². The molecule has 1 N–H and O–H groups in total. The molecule has 0 saturated carbocycles. The zero-order valence-corrected chi connectivity index (χ0v) is 10.2. The first-order chi connectivity index (χ1) is 7.86. The van der Waals surface area contributed by atoms with Gasteiger partial charge in [0.15, 0.2) is 0 Å².